The van der Waals surface area contributed by atoms with Crippen LogP contribution in [0.3, 0.4) is 0 Å². The second-order valence-corrected chi connectivity index (χ2v) is 3.97. The molecule has 0 bridgehead atoms. The molecule has 2 saturated heterocycles. The van der Waals surface area contributed by atoms with Gasteiger partial charge in [-0.25, -0.2) is 0 Å². The monoisotopic (exact) mass is 167 g/mol. The van der Waals surface area contributed by atoms with Gasteiger partial charge >= 0.3 is 0 Å². The van der Waals surface area contributed by atoms with E-state index in [1.54, 1.807) is 0 Å². The van der Waals surface area contributed by atoms with E-state index in [2.05, 4.69) is 16.8 Å². The molecule has 3 heteroatoms. The normalized spacial score (nSPS) is 41.6. The number of likely N-dealkylation sites (tertiary alicyclic amines) is 1. The van der Waals surface area contributed by atoms with Gasteiger partial charge in [0.2, 0.25) is 0 Å². The highest BCUT2D eigenvalue weighted by atomic mass is 15.3. The summed E-state index contributed by atoms with van der Waals surface area (Å²) >= 11 is 0. The van der Waals surface area contributed by atoms with Gasteiger partial charge in [-0.05, 0) is 13.0 Å². The lowest BCUT2D eigenvalue weighted by molar-refractivity contribution is 0.334. The highest BCUT2D eigenvalue weighted by Gasteiger charge is 2.45. The number of rotatable bonds is 2. The molecule has 2 rings (SSSR count). The average Bonchev–Trinajstić information content (AvgIpc) is 2.43. The molecule has 2 atom stereocenters. The Kier molecular flexibility index (Phi) is 1.94. The van der Waals surface area contributed by atoms with Crippen LogP contribution in [0.25, 0.3) is 0 Å². The summed E-state index contributed by atoms with van der Waals surface area (Å²) in [5.41, 5.74) is 6.29. The minimum absolute atomic E-state index is 0.0447. The zero-order valence-corrected chi connectivity index (χ0v) is 7.42. The lowest BCUT2D eigenvalue weighted by Crippen LogP contribution is -2.49. The first-order chi connectivity index (χ1) is 5.74. The molecule has 0 spiro atoms. The Labute approximate surface area is 73.6 Å². The first-order valence-corrected chi connectivity index (χ1v) is 4.60. The molecule has 0 saturated carbocycles. The zero-order valence-electron chi connectivity index (χ0n) is 7.42. The maximum Gasteiger partial charge on any atom is 0.0463 e. The topological polar surface area (TPSA) is 41.3 Å². The smallest absolute Gasteiger partial charge is 0.0463 e. The van der Waals surface area contributed by atoms with Crippen LogP contribution in [0.5, 0.6) is 0 Å². The summed E-state index contributed by atoms with van der Waals surface area (Å²) in [6.45, 7) is 7.90. The van der Waals surface area contributed by atoms with Crippen LogP contribution in [0.2, 0.25) is 0 Å². The van der Waals surface area contributed by atoms with E-state index in [-0.39, 0.29) is 5.54 Å². The van der Waals surface area contributed by atoms with Crippen molar-refractivity contribution >= 4 is 0 Å². The first kappa shape index (κ1) is 8.23. The molecule has 2 aliphatic rings. The molecule has 0 aromatic carbocycles. The summed E-state index contributed by atoms with van der Waals surface area (Å²) in [4.78, 5) is 2.36. The highest BCUT2D eigenvalue weighted by Crippen LogP contribution is 2.26. The van der Waals surface area contributed by atoms with Crippen molar-refractivity contribution in [2.45, 2.75) is 18.0 Å². The van der Waals surface area contributed by atoms with E-state index in [4.69, 9.17) is 5.73 Å². The van der Waals surface area contributed by atoms with Crippen LogP contribution in [0.1, 0.15) is 6.42 Å². The van der Waals surface area contributed by atoms with Crippen molar-refractivity contribution in [2.24, 2.45) is 5.73 Å². The highest BCUT2D eigenvalue weighted by molar-refractivity contribution is 5.10. The van der Waals surface area contributed by atoms with Crippen molar-refractivity contribution in [1.82, 2.24) is 10.2 Å². The van der Waals surface area contributed by atoms with Gasteiger partial charge in [-0.1, -0.05) is 6.08 Å². The zero-order chi connectivity index (χ0) is 8.60. The molecule has 3 nitrogen and oxygen atoms in total. The van der Waals surface area contributed by atoms with Crippen LogP contribution in [0.15, 0.2) is 12.7 Å². The van der Waals surface area contributed by atoms with Crippen LogP contribution >= 0.6 is 0 Å². The number of nitrogens with two attached hydrogens (primary N) is 1. The maximum absolute atomic E-state index is 6.25. The Morgan fingerprint density at radius 2 is 2.58 bits per heavy atom. The van der Waals surface area contributed by atoms with Gasteiger partial charge in [0.1, 0.15) is 0 Å². The summed E-state index contributed by atoms with van der Waals surface area (Å²) in [6.07, 6.45) is 3.07. The van der Waals surface area contributed by atoms with Gasteiger partial charge in [-0.3, -0.25) is 4.90 Å². The molecule has 0 radical (unpaired) electrons. The van der Waals surface area contributed by atoms with Crippen LogP contribution in [0, 0.1) is 0 Å². The van der Waals surface area contributed by atoms with E-state index in [1.807, 2.05) is 6.08 Å². The molecule has 68 valence electrons. The van der Waals surface area contributed by atoms with E-state index in [0.29, 0.717) is 6.04 Å². The molecule has 0 aromatic rings. The van der Waals surface area contributed by atoms with E-state index in [1.165, 1.54) is 0 Å². The fourth-order valence-electron chi connectivity index (χ4n) is 2.35. The largest absolute Gasteiger partial charge is 0.323 e. The molecular formula is C9H17N3. The van der Waals surface area contributed by atoms with Gasteiger partial charge in [0, 0.05) is 31.2 Å². The average molecular weight is 167 g/mol. The molecule has 0 aliphatic carbocycles. The van der Waals surface area contributed by atoms with Gasteiger partial charge < -0.3 is 11.1 Å². The summed E-state index contributed by atoms with van der Waals surface area (Å²) in [5, 5.41) is 3.45. The van der Waals surface area contributed by atoms with Crippen LogP contribution in [-0.4, -0.2) is 42.7 Å². The fourth-order valence-corrected chi connectivity index (χ4v) is 2.35. The Balaban J connectivity index is 2.01. The van der Waals surface area contributed by atoms with Gasteiger partial charge in [0.25, 0.3) is 0 Å². The molecule has 3 N–H and O–H groups in total. The van der Waals surface area contributed by atoms with Crippen LogP contribution < -0.4 is 11.1 Å². The SMILES string of the molecule is C=CCN1C[C@@H]2NCC[C@]2(N)C1. The van der Waals surface area contributed by atoms with Crippen LogP contribution in [0.4, 0.5) is 0 Å². The Morgan fingerprint density at radius 1 is 1.75 bits per heavy atom. The van der Waals surface area contributed by atoms with Crippen molar-refractivity contribution in [2.75, 3.05) is 26.2 Å². The van der Waals surface area contributed by atoms with Gasteiger partial charge in [0.15, 0.2) is 0 Å². The van der Waals surface area contributed by atoms with Gasteiger partial charge in [0.05, 0.1) is 0 Å². The van der Waals surface area contributed by atoms with E-state index in [0.717, 1.165) is 32.6 Å². The number of hydrogen-bond donors (Lipinski definition) is 2. The quantitative estimate of drug-likeness (QED) is 0.547. The predicted octanol–water partition coefficient (Wildman–Crippen LogP) is -0.453. The lowest BCUT2D eigenvalue weighted by atomic mass is 9.96. The third-order valence-electron chi connectivity index (χ3n) is 3.02. The van der Waals surface area contributed by atoms with Crippen molar-refractivity contribution in [3.8, 4) is 0 Å². The standard InChI is InChI=1S/C9H17N3/c1-2-5-12-6-8-9(10,7-12)3-4-11-8/h2,8,11H,1,3-7,10H2/t8-,9-/m0/s1. The van der Waals surface area contributed by atoms with Crippen LogP contribution in [-0.2, 0) is 0 Å². The molecule has 2 heterocycles. The maximum atomic E-state index is 6.25. The molecule has 2 fully saturated rings. The van der Waals surface area contributed by atoms with E-state index in [9.17, 15) is 0 Å². The van der Waals surface area contributed by atoms with Gasteiger partial charge in [-0.2, -0.15) is 0 Å². The molecule has 0 unspecified atom stereocenters. The van der Waals surface area contributed by atoms with E-state index < -0.39 is 0 Å². The summed E-state index contributed by atoms with van der Waals surface area (Å²) in [7, 11) is 0. The lowest BCUT2D eigenvalue weighted by Gasteiger charge is -2.21. The van der Waals surface area contributed by atoms with Crippen molar-refractivity contribution in [1.29, 1.82) is 0 Å². The molecule has 0 aromatic heterocycles. The first-order valence-electron chi connectivity index (χ1n) is 4.60. The van der Waals surface area contributed by atoms with Crippen molar-refractivity contribution < 1.29 is 0 Å². The summed E-state index contributed by atoms with van der Waals surface area (Å²) < 4.78 is 0. The van der Waals surface area contributed by atoms with Crippen molar-refractivity contribution in [3.05, 3.63) is 12.7 Å². The minimum atomic E-state index is 0.0447. The fraction of sp³-hybridized carbons (Fsp3) is 0.778. The second kappa shape index (κ2) is 2.83. The Morgan fingerprint density at radius 3 is 3.25 bits per heavy atom. The molecule has 0 amide bonds. The molecular weight excluding hydrogens is 150 g/mol. The third-order valence-corrected chi connectivity index (χ3v) is 3.02. The summed E-state index contributed by atoms with van der Waals surface area (Å²) in [5.74, 6) is 0. The second-order valence-electron chi connectivity index (χ2n) is 3.97. The summed E-state index contributed by atoms with van der Waals surface area (Å²) in [6, 6.07) is 0.512. The van der Waals surface area contributed by atoms with Gasteiger partial charge in [-0.15, -0.1) is 6.58 Å². The third kappa shape index (κ3) is 1.18. The number of nitrogens with one attached hydrogen (secondary N) is 1. The van der Waals surface area contributed by atoms with E-state index >= 15 is 0 Å². The van der Waals surface area contributed by atoms with Crippen molar-refractivity contribution in [3.63, 3.8) is 0 Å². The molecule has 2 aliphatic heterocycles. The number of hydrogen-bond acceptors (Lipinski definition) is 3. The number of fused-ring (bicyclic) bond motifs is 1. The Bertz CT molecular complexity index is 192. The Hall–Kier alpha value is -0.380. The predicted molar refractivity (Wildman–Crippen MR) is 50.0 cm³/mol. The molecule has 12 heavy (non-hydrogen) atoms. The minimum Gasteiger partial charge on any atom is -0.323 e. The number of nitrogens with zero attached hydrogens (tertiary/aromatic N) is 1.